The molecule has 0 spiro atoms. The largest absolute Gasteiger partial charge is 0.340 e. The zero-order valence-corrected chi connectivity index (χ0v) is 12.8. The molecule has 1 aromatic carbocycles. The molecule has 1 aliphatic heterocycles. The van der Waals surface area contributed by atoms with Crippen LogP contribution >= 0.6 is 0 Å². The number of hydrogen-bond acceptors (Lipinski definition) is 2. The lowest BCUT2D eigenvalue weighted by Gasteiger charge is -2.49. The van der Waals surface area contributed by atoms with Gasteiger partial charge < -0.3 is 10.2 Å². The summed E-state index contributed by atoms with van der Waals surface area (Å²) in [5, 5.41) is 2.98. The molecule has 1 N–H and O–H groups in total. The van der Waals surface area contributed by atoms with Crippen LogP contribution in [0.15, 0.2) is 30.3 Å². The van der Waals surface area contributed by atoms with Crippen molar-refractivity contribution < 1.29 is 9.59 Å². The highest BCUT2D eigenvalue weighted by molar-refractivity contribution is 6.02. The van der Waals surface area contributed by atoms with Crippen molar-refractivity contribution in [3.63, 3.8) is 0 Å². The molecule has 3 rings (SSSR count). The molecule has 4 heteroatoms. The van der Waals surface area contributed by atoms with Crippen LogP contribution in [0.2, 0.25) is 0 Å². The SMILES string of the molecule is CC1(C2CC2)NC(=O)C(C)(C)N(Cc2ccccc2)C1=O. The molecule has 1 unspecified atom stereocenters. The number of benzene rings is 1. The number of nitrogens with one attached hydrogen (secondary N) is 1. The Morgan fingerprint density at radius 1 is 1.14 bits per heavy atom. The molecule has 0 aromatic heterocycles. The van der Waals surface area contributed by atoms with Gasteiger partial charge in [0.2, 0.25) is 11.8 Å². The average Bonchev–Trinajstić information content (AvgIpc) is 3.28. The molecule has 2 fully saturated rings. The quantitative estimate of drug-likeness (QED) is 0.925. The van der Waals surface area contributed by atoms with E-state index in [1.165, 1.54) is 0 Å². The van der Waals surface area contributed by atoms with Gasteiger partial charge in [-0.25, -0.2) is 0 Å². The summed E-state index contributed by atoms with van der Waals surface area (Å²) in [4.78, 5) is 27.2. The predicted molar refractivity (Wildman–Crippen MR) is 80.3 cm³/mol. The summed E-state index contributed by atoms with van der Waals surface area (Å²) in [6.45, 7) is 5.98. The average molecular weight is 286 g/mol. The molecule has 21 heavy (non-hydrogen) atoms. The first kappa shape index (κ1) is 14.1. The Labute approximate surface area is 125 Å². The van der Waals surface area contributed by atoms with Crippen molar-refractivity contribution >= 4 is 11.8 Å². The first-order chi connectivity index (χ1) is 9.85. The molecule has 0 bridgehead atoms. The molecular formula is C17H22N2O2. The lowest BCUT2D eigenvalue weighted by atomic mass is 9.84. The number of amides is 2. The van der Waals surface area contributed by atoms with Gasteiger partial charge in [0.05, 0.1) is 0 Å². The monoisotopic (exact) mass is 286 g/mol. The van der Waals surface area contributed by atoms with Gasteiger partial charge in [0, 0.05) is 6.54 Å². The van der Waals surface area contributed by atoms with Gasteiger partial charge in [-0.1, -0.05) is 30.3 Å². The van der Waals surface area contributed by atoms with Crippen LogP contribution in [0.3, 0.4) is 0 Å². The first-order valence-corrected chi connectivity index (χ1v) is 7.54. The van der Waals surface area contributed by atoms with Crippen molar-refractivity contribution in [1.82, 2.24) is 10.2 Å². The zero-order chi connectivity index (χ0) is 15.3. The number of carbonyl (C=O) groups is 2. The van der Waals surface area contributed by atoms with E-state index in [0.717, 1.165) is 18.4 Å². The van der Waals surface area contributed by atoms with Crippen molar-refractivity contribution in [3.05, 3.63) is 35.9 Å². The minimum absolute atomic E-state index is 0.0402. The smallest absolute Gasteiger partial charge is 0.249 e. The second-order valence-corrected chi connectivity index (χ2v) is 6.87. The number of rotatable bonds is 3. The Morgan fingerprint density at radius 3 is 2.33 bits per heavy atom. The summed E-state index contributed by atoms with van der Waals surface area (Å²) in [6.07, 6.45) is 2.03. The van der Waals surface area contributed by atoms with Crippen LogP contribution in [0.4, 0.5) is 0 Å². The van der Waals surface area contributed by atoms with Gasteiger partial charge in [0.15, 0.2) is 0 Å². The summed E-state index contributed by atoms with van der Waals surface area (Å²) in [5.41, 5.74) is -0.505. The molecule has 0 radical (unpaired) electrons. The van der Waals surface area contributed by atoms with E-state index in [4.69, 9.17) is 0 Å². The van der Waals surface area contributed by atoms with Crippen LogP contribution in [0.1, 0.15) is 39.2 Å². The minimum atomic E-state index is -0.818. The number of nitrogens with zero attached hydrogens (tertiary/aromatic N) is 1. The topological polar surface area (TPSA) is 49.4 Å². The Balaban J connectivity index is 1.94. The van der Waals surface area contributed by atoms with Gasteiger partial charge in [-0.05, 0) is 45.1 Å². The Bertz CT molecular complexity index is 578. The third kappa shape index (κ3) is 2.23. The fourth-order valence-electron chi connectivity index (χ4n) is 3.07. The number of hydrogen-bond donors (Lipinski definition) is 1. The fraction of sp³-hybridized carbons (Fsp3) is 0.529. The van der Waals surface area contributed by atoms with Gasteiger partial charge in [-0.15, -0.1) is 0 Å². The van der Waals surface area contributed by atoms with E-state index in [1.54, 1.807) is 4.90 Å². The maximum atomic E-state index is 13.0. The molecule has 1 aliphatic carbocycles. The third-order valence-electron chi connectivity index (χ3n) is 4.87. The van der Waals surface area contributed by atoms with Crippen molar-refractivity contribution in [2.24, 2.45) is 5.92 Å². The summed E-state index contributed by atoms with van der Waals surface area (Å²) in [6, 6.07) is 9.84. The van der Waals surface area contributed by atoms with Crippen LogP contribution in [0.5, 0.6) is 0 Å². The van der Waals surface area contributed by atoms with Gasteiger partial charge in [-0.2, -0.15) is 0 Å². The van der Waals surface area contributed by atoms with E-state index in [2.05, 4.69) is 5.32 Å². The summed E-state index contributed by atoms with van der Waals surface area (Å²) in [7, 11) is 0. The molecule has 2 aliphatic rings. The summed E-state index contributed by atoms with van der Waals surface area (Å²) >= 11 is 0. The predicted octanol–water partition coefficient (Wildman–Crippen LogP) is 2.09. The van der Waals surface area contributed by atoms with E-state index in [1.807, 2.05) is 51.1 Å². The Morgan fingerprint density at radius 2 is 1.76 bits per heavy atom. The van der Waals surface area contributed by atoms with Crippen LogP contribution in [-0.4, -0.2) is 27.8 Å². The summed E-state index contributed by atoms with van der Waals surface area (Å²) < 4.78 is 0. The lowest BCUT2D eigenvalue weighted by Crippen LogP contribution is -2.73. The van der Waals surface area contributed by atoms with Gasteiger partial charge >= 0.3 is 0 Å². The van der Waals surface area contributed by atoms with Crippen molar-refractivity contribution in [3.8, 4) is 0 Å². The van der Waals surface area contributed by atoms with Crippen molar-refractivity contribution in [2.45, 2.75) is 51.2 Å². The molecule has 2 amide bonds. The highest BCUT2D eigenvalue weighted by Gasteiger charge is 2.57. The fourth-order valence-corrected chi connectivity index (χ4v) is 3.07. The first-order valence-electron chi connectivity index (χ1n) is 7.54. The second-order valence-electron chi connectivity index (χ2n) is 6.87. The molecule has 1 aromatic rings. The van der Waals surface area contributed by atoms with Crippen LogP contribution in [0, 0.1) is 5.92 Å². The van der Waals surface area contributed by atoms with Crippen LogP contribution < -0.4 is 5.32 Å². The molecule has 1 saturated carbocycles. The third-order valence-corrected chi connectivity index (χ3v) is 4.87. The Hall–Kier alpha value is -1.84. The van der Waals surface area contributed by atoms with Gasteiger partial charge in [-0.3, -0.25) is 9.59 Å². The maximum Gasteiger partial charge on any atom is 0.249 e. The van der Waals surface area contributed by atoms with E-state index in [-0.39, 0.29) is 17.7 Å². The zero-order valence-electron chi connectivity index (χ0n) is 12.8. The molecular weight excluding hydrogens is 264 g/mol. The van der Waals surface area contributed by atoms with Crippen LogP contribution in [0.25, 0.3) is 0 Å². The van der Waals surface area contributed by atoms with Gasteiger partial charge in [0.25, 0.3) is 0 Å². The molecule has 1 heterocycles. The highest BCUT2D eigenvalue weighted by Crippen LogP contribution is 2.43. The second kappa shape index (κ2) is 4.58. The van der Waals surface area contributed by atoms with E-state index >= 15 is 0 Å². The molecule has 1 saturated heterocycles. The van der Waals surface area contributed by atoms with E-state index in [9.17, 15) is 9.59 Å². The Kier molecular flexibility index (Phi) is 3.08. The molecule has 112 valence electrons. The van der Waals surface area contributed by atoms with E-state index in [0.29, 0.717) is 6.54 Å². The summed E-state index contributed by atoms with van der Waals surface area (Å²) in [5.74, 6) is 0.259. The van der Waals surface area contributed by atoms with Crippen molar-refractivity contribution in [2.75, 3.05) is 0 Å². The minimum Gasteiger partial charge on any atom is -0.340 e. The highest BCUT2D eigenvalue weighted by atomic mass is 16.2. The normalized spacial score (nSPS) is 28.4. The van der Waals surface area contributed by atoms with Gasteiger partial charge in [0.1, 0.15) is 11.1 Å². The van der Waals surface area contributed by atoms with Crippen molar-refractivity contribution in [1.29, 1.82) is 0 Å². The lowest BCUT2D eigenvalue weighted by molar-refractivity contribution is -0.162. The molecule has 4 nitrogen and oxygen atoms in total. The number of piperazine rings is 1. The number of carbonyl (C=O) groups excluding carboxylic acids is 2. The van der Waals surface area contributed by atoms with Crippen LogP contribution in [-0.2, 0) is 16.1 Å². The maximum absolute atomic E-state index is 13.0. The molecule has 1 atom stereocenters. The van der Waals surface area contributed by atoms with E-state index < -0.39 is 11.1 Å². The standard InChI is InChI=1S/C17H22N2O2/c1-16(2)14(20)18-17(3,13-9-10-13)15(21)19(16)11-12-7-5-4-6-8-12/h4-8,13H,9-11H2,1-3H3,(H,18,20).